The summed E-state index contributed by atoms with van der Waals surface area (Å²) in [6.07, 6.45) is 4.38. The van der Waals surface area contributed by atoms with Gasteiger partial charge in [0.15, 0.2) is 0 Å². The number of rotatable bonds is 4. The SMILES string of the molecule is O=C(c1cc(Cl)ccc1I)N(CCO)C1CCCC1. The Morgan fingerprint density at radius 2 is 2.11 bits per heavy atom. The Bertz CT molecular complexity index is 461. The summed E-state index contributed by atoms with van der Waals surface area (Å²) in [7, 11) is 0. The predicted molar refractivity (Wildman–Crippen MR) is 84.5 cm³/mol. The molecule has 1 N–H and O–H groups in total. The molecule has 0 aromatic heterocycles. The Kier molecular flexibility index (Phi) is 5.47. The minimum absolute atomic E-state index is 0.000610. The fourth-order valence-corrected chi connectivity index (χ4v) is 3.33. The van der Waals surface area contributed by atoms with Crippen molar-refractivity contribution in [2.75, 3.05) is 13.2 Å². The normalized spacial score (nSPS) is 15.7. The zero-order valence-electron chi connectivity index (χ0n) is 10.6. The highest BCUT2D eigenvalue weighted by atomic mass is 127. The average molecular weight is 394 g/mol. The number of halogens is 2. The molecule has 0 spiro atoms. The third kappa shape index (κ3) is 3.61. The Hall–Kier alpha value is -0.330. The first-order chi connectivity index (χ1) is 9.13. The Labute approximate surface area is 132 Å². The highest BCUT2D eigenvalue weighted by molar-refractivity contribution is 14.1. The van der Waals surface area contributed by atoms with Gasteiger partial charge < -0.3 is 10.0 Å². The number of carbonyl (C=O) groups excluding carboxylic acids is 1. The molecule has 0 atom stereocenters. The van der Waals surface area contributed by atoms with Crippen molar-refractivity contribution in [1.82, 2.24) is 4.90 Å². The fourth-order valence-electron chi connectivity index (χ4n) is 2.59. The summed E-state index contributed by atoms with van der Waals surface area (Å²) >= 11 is 8.13. The van der Waals surface area contributed by atoms with E-state index in [1.165, 1.54) is 0 Å². The van der Waals surface area contributed by atoms with Gasteiger partial charge in [0.1, 0.15) is 0 Å². The number of aliphatic hydroxyl groups is 1. The van der Waals surface area contributed by atoms with Crippen LogP contribution in [0.5, 0.6) is 0 Å². The lowest BCUT2D eigenvalue weighted by Gasteiger charge is -2.28. The maximum atomic E-state index is 12.6. The molecule has 0 radical (unpaired) electrons. The Morgan fingerprint density at radius 1 is 1.42 bits per heavy atom. The summed E-state index contributed by atoms with van der Waals surface area (Å²) in [6, 6.07) is 5.60. The zero-order chi connectivity index (χ0) is 13.8. The molecule has 0 saturated heterocycles. The lowest BCUT2D eigenvalue weighted by molar-refractivity contribution is 0.0637. The molecule has 2 rings (SSSR count). The van der Waals surface area contributed by atoms with E-state index in [0.29, 0.717) is 17.1 Å². The van der Waals surface area contributed by atoms with Crippen LogP contribution < -0.4 is 0 Å². The third-order valence-electron chi connectivity index (χ3n) is 3.53. The Balaban J connectivity index is 2.25. The van der Waals surface area contributed by atoms with Gasteiger partial charge in [-0.05, 0) is 53.6 Å². The molecule has 3 nitrogen and oxygen atoms in total. The number of aliphatic hydroxyl groups excluding tert-OH is 1. The van der Waals surface area contributed by atoms with Gasteiger partial charge in [-0.1, -0.05) is 24.4 Å². The summed E-state index contributed by atoms with van der Waals surface area (Å²) < 4.78 is 0.896. The molecule has 0 bridgehead atoms. The first kappa shape index (κ1) is 15.1. The second-order valence-electron chi connectivity index (χ2n) is 4.78. The van der Waals surface area contributed by atoms with Gasteiger partial charge in [0, 0.05) is 21.2 Å². The summed E-state index contributed by atoms with van der Waals surface area (Å²) in [6.45, 7) is 0.394. The van der Waals surface area contributed by atoms with Crippen molar-refractivity contribution in [3.8, 4) is 0 Å². The molecule has 104 valence electrons. The Morgan fingerprint density at radius 3 is 2.74 bits per heavy atom. The molecular formula is C14H17ClINO2. The van der Waals surface area contributed by atoms with E-state index < -0.39 is 0 Å². The van der Waals surface area contributed by atoms with Gasteiger partial charge in [0.25, 0.3) is 5.91 Å². The van der Waals surface area contributed by atoms with Crippen LogP contribution in [-0.2, 0) is 0 Å². The van der Waals surface area contributed by atoms with E-state index in [1.807, 2.05) is 6.07 Å². The molecule has 0 heterocycles. The summed E-state index contributed by atoms with van der Waals surface area (Å²) in [5.74, 6) is -0.0205. The summed E-state index contributed by atoms with van der Waals surface area (Å²) in [4.78, 5) is 14.5. The van der Waals surface area contributed by atoms with Crippen molar-refractivity contribution in [1.29, 1.82) is 0 Å². The van der Waals surface area contributed by atoms with Crippen LogP contribution in [0.25, 0.3) is 0 Å². The summed E-state index contributed by atoms with van der Waals surface area (Å²) in [5.41, 5.74) is 0.633. The van der Waals surface area contributed by atoms with Crippen LogP contribution in [0.1, 0.15) is 36.0 Å². The second-order valence-corrected chi connectivity index (χ2v) is 6.38. The lowest BCUT2D eigenvalue weighted by Crippen LogP contribution is -2.41. The van der Waals surface area contributed by atoms with Crippen LogP contribution in [0.4, 0.5) is 0 Å². The van der Waals surface area contributed by atoms with Crippen molar-refractivity contribution < 1.29 is 9.90 Å². The highest BCUT2D eigenvalue weighted by Crippen LogP contribution is 2.26. The molecule has 1 amide bonds. The third-order valence-corrected chi connectivity index (χ3v) is 4.70. The monoisotopic (exact) mass is 393 g/mol. The molecule has 0 aliphatic heterocycles. The maximum absolute atomic E-state index is 12.6. The van der Waals surface area contributed by atoms with Gasteiger partial charge in [0.2, 0.25) is 0 Å². The largest absolute Gasteiger partial charge is 0.395 e. The lowest BCUT2D eigenvalue weighted by atomic mass is 10.1. The average Bonchev–Trinajstić information content (AvgIpc) is 2.92. The molecule has 1 fully saturated rings. The molecule has 19 heavy (non-hydrogen) atoms. The van der Waals surface area contributed by atoms with E-state index in [-0.39, 0.29) is 18.6 Å². The minimum atomic E-state index is -0.0205. The van der Waals surface area contributed by atoms with E-state index >= 15 is 0 Å². The molecule has 1 aliphatic rings. The first-order valence-corrected chi connectivity index (χ1v) is 7.96. The molecule has 1 aromatic rings. The topological polar surface area (TPSA) is 40.5 Å². The van der Waals surface area contributed by atoms with Crippen molar-refractivity contribution in [3.05, 3.63) is 32.4 Å². The number of carbonyl (C=O) groups is 1. The van der Waals surface area contributed by atoms with Crippen molar-refractivity contribution in [2.45, 2.75) is 31.7 Å². The zero-order valence-corrected chi connectivity index (χ0v) is 13.5. The van der Waals surface area contributed by atoms with Crippen LogP contribution >= 0.6 is 34.2 Å². The van der Waals surface area contributed by atoms with Gasteiger partial charge in [-0.3, -0.25) is 4.79 Å². The molecule has 5 heteroatoms. The number of hydrogen-bond acceptors (Lipinski definition) is 2. The van der Waals surface area contributed by atoms with E-state index in [2.05, 4.69) is 22.6 Å². The van der Waals surface area contributed by atoms with Crippen LogP contribution in [0.3, 0.4) is 0 Å². The van der Waals surface area contributed by atoms with Gasteiger partial charge in [0.05, 0.1) is 12.2 Å². The predicted octanol–water partition coefficient (Wildman–Crippen LogP) is 3.32. The smallest absolute Gasteiger partial charge is 0.255 e. The second kappa shape index (κ2) is 6.90. The minimum Gasteiger partial charge on any atom is -0.395 e. The number of hydrogen-bond donors (Lipinski definition) is 1. The molecule has 1 saturated carbocycles. The van der Waals surface area contributed by atoms with E-state index in [0.717, 1.165) is 29.3 Å². The number of amides is 1. The quantitative estimate of drug-likeness (QED) is 0.797. The van der Waals surface area contributed by atoms with E-state index in [4.69, 9.17) is 11.6 Å². The highest BCUT2D eigenvalue weighted by Gasteiger charge is 2.28. The van der Waals surface area contributed by atoms with Crippen LogP contribution in [0.2, 0.25) is 5.02 Å². The van der Waals surface area contributed by atoms with E-state index in [9.17, 15) is 9.90 Å². The number of benzene rings is 1. The standard InChI is InChI=1S/C14H17ClINO2/c15-10-5-6-13(16)12(9-10)14(19)17(7-8-18)11-3-1-2-4-11/h5-6,9,11,18H,1-4,7-8H2. The van der Waals surface area contributed by atoms with Gasteiger partial charge in [-0.25, -0.2) is 0 Å². The van der Waals surface area contributed by atoms with Gasteiger partial charge in [-0.15, -0.1) is 0 Å². The van der Waals surface area contributed by atoms with Gasteiger partial charge in [-0.2, -0.15) is 0 Å². The van der Waals surface area contributed by atoms with Crippen molar-refractivity contribution >= 4 is 40.1 Å². The first-order valence-electron chi connectivity index (χ1n) is 6.50. The van der Waals surface area contributed by atoms with Crippen molar-refractivity contribution in [3.63, 3.8) is 0 Å². The summed E-state index contributed by atoms with van der Waals surface area (Å²) in [5, 5.41) is 9.76. The van der Waals surface area contributed by atoms with E-state index in [1.54, 1.807) is 17.0 Å². The van der Waals surface area contributed by atoms with Crippen LogP contribution in [0, 0.1) is 3.57 Å². The number of nitrogens with zero attached hydrogens (tertiary/aromatic N) is 1. The van der Waals surface area contributed by atoms with Crippen LogP contribution in [-0.4, -0.2) is 35.1 Å². The van der Waals surface area contributed by atoms with Gasteiger partial charge >= 0.3 is 0 Å². The fraction of sp³-hybridized carbons (Fsp3) is 0.500. The molecule has 1 aliphatic carbocycles. The molecule has 0 unspecified atom stereocenters. The van der Waals surface area contributed by atoms with Crippen molar-refractivity contribution in [2.24, 2.45) is 0 Å². The van der Waals surface area contributed by atoms with Crippen LogP contribution in [0.15, 0.2) is 18.2 Å². The molecular weight excluding hydrogens is 377 g/mol. The molecule has 1 aromatic carbocycles. The maximum Gasteiger partial charge on any atom is 0.255 e.